The van der Waals surface area contributed by atoms with Crippen LogP contribution in [0.3, 0.4) is 0 Å². The topological polar surface area (TPSA) is 57.2 Å². The molecule has 140 valence electrons. The first-order valence-electron chi connectivity index (χ1n) is 4.41. The van der Waals surface area contributed by atoms with Gasteiger partial charge in [-0.25, -0.2) is 8.42 Å². The molecule has 0 spiro atoms. The molecule has 3 nitrogen and oxygen atoms in total. The smallest absolute Gasteiger partial charge is 0.746 e. The summed E-state index contributed by atoms with van der Waals surface area (Å²) in [6.07, 6.45) is 0. The molecule has 18 heteroatoms. The number of halogens is 13. The van der Waals surface area contributed by atoms with Gasteiger partial charge in [-0.3, -0.25) is 0 Å². The zero-order valence-electron chi connectivity index (χ0n) is 10.5. The molecule has 0 amide bonds. The van der Waals surface area contributed by atoms with Crippen LogP contribution in [0.4, 0.5) is 0 Å². The Balaban J connectivity index is 0. The van der Waals surface area contributed by atoms with Crippen molar-refractivity contribution < 1.29 is 31.8 Å². The summed E-state index contributed by atoms with van der Waals surface area (Å²) in [6.45, 7) is 0. The van der Waals surface area contributed by atoms with Gasteiger partial charge >= 0.3 is 18.9 Å². The Bertz CT molecular complexity index is 565. The van der Waals surface area contributed by atoms with E-state index in [9.17, 15) is 13.0 Å². The Labute approximate surface area is 214 Å². The molecule has 0 unspecified atom stereocenters. The summed E-state index contributed by atoms with van der Waals surface area (Å²) < 4.78 is 14.9. The molecule has 0 atom stereocenters. The molecule has 0 aliphatic rings. The van der Waals surface area contributed by atoms with E-state index < -0.39 is 34.9 Å². The van der Waals surface area contributed by atoms with E-state index in [1.165, 1.54) is 0 Å². The molecule has 0 saturated heterocycles. The van der Waals surface area contributed by atoms with Crippen LogP contribution in [0.5, 0.6) is 0 Å². The van der Waals surface area contributed by atoms with E-state index in [0.29, 0.717) is 0 Å². The number of alkyl halides is 13. The van der Waals surface area contributed by atoms with Gasteiger partial charge in [0.2, 0.25) is 11.8 Å². The summed E-state index contributed by atoms with van der Waals surface area (Å²) in [5, 5.41) is 0. The van der Waals surface area contributed by atoms with Crippen LogP contribution in [-0.2, 0) is 10.1 Å². The molecular weight excluding hydrogens is 620 g/mol. The van der Waals surface area contributed by atoms with E-state index in [-0.39, 0.29) is 18.9 Å². The Morgan fingerprint density at radius 3 is 1.00 bits per heavy atom. The van der Waals surface area contributed by atoms with E-state index in [1.54, 1.807) is 0 Å². The third-order valence-electron chi connectivity index (χ3n) is 2.22. The van der Waals surface area contributed by atoms with Crippen LogP contribution in [0.2, 0.25) is 0 Å². The molecule has 0 aromatic heterocycles. The average Bonchev–Trinajstić information content (AvgIpc) is 2.24. The van der Waals surface area contributed by atoms with Crippen molar-refractivity contribution in [1.29, 1.82) is 0 Å². The summed E-state index contributed by atoms with van der Waals surface area (Å²) in [5.74, 6) is 0. The Kier molecular flexibility index (Phi) is 11.2. The molecular formula is C6Cl13LiO3S. The fraction of sp³-hybridized carbons (Fsp3) is 1.00. The van der Waals surface area contributed by atoms with Crippen LogP contribution >= 0.6 is 151 Å². The minimum absolute atomic E-state index is 0. The standard InChI is InChI=1S/C6HCl13O3S.Li/c7-1(8,3(11,12)5(15,16)17)2(9,10)4(13,14)6(18,19)23(20,21)22;/h(H,20,21,22);/q;+1/p-1. The van der Waals surface area contributed by atoms with Crippen LogP contribution < -0.4 is 18.9 Å². The Morgan fingerprint density at radius 1 is 0.542 bits per heavy atom. The Morgan fingerprint density at radius 2 is 0.792 bits per heavy atom. The Hall–Kier alpha value is 4.28. The van der Waals surface area contributed by atoms with Crippen molar-refractivity contribution in [1.82, 2.24) is 0 Å². The molecule has 0 aliphatic heterocycles. The van der Waals surface area contributed by atoms with Gasteiger partial charge in [-0.2, -0.15) is 0 Å². The van der Waals surface area contributed by atoms with Gasteiger partial charge in [0, 0.05) is 0 Å². The average molecular weight is 620 g/mol. The van der Waals surface area contributed by atoms with Gasteiger partial charge < -0.3 is 4.55 Å². The van der Waals surface area contributed by atoms with Crippen molar-refractivity contribution in [2.45, 2.75) is 24.8 Å². The van der Waals surface area contributed by atoms with E-state index >= 15 is 0 Å². The normalized spacial score (nSPS) is 15.9. The second kappa shape index (κ2) is 8.79. The first kappa shape index (κ1) is 30.5. The second-order valence-electron chi connectivity index (χ2n) is 3.77. The second-order valence-corrected chi connectivity index (χ2v) is 14.7. The third-order valence-corrected chi connectivity index (χ3v) is 12.6. The van der Waals surface area contributed by atoms with E-state index in [4.69, 9.17) is 151 Å². The van der Waals surface area contributed by atoms with Crippen molar-refractivity contribution in [3.63, 3.8) is 0 Å². The predicted octanol–water partition coefficient (Wildman–Crippen LogP) is 3.73. The molecule has 0 aromatic carbocycles. The van der Waals surface area contributed by atoms with Gasteiger partial charge in [0.25, 0.3) is 0 Å². The zero-order chi connectivity index (χ0) is 19.5. The molecule has 0 fully saturated rings. The SMILES string of the molecule is O=S(=O)([O-])C(Cl)(Cl)C(Cl)(Cl)C(Cl)(Cl)C(Cl)(Cl)C(Cl)(Cl)C(Cl)(Cl)Cl.[Li+]. The van der Waals surface area contributed by atoms with Gasteiger partial charge in [-0.05, 0) is 0 Å². The van der Waals surface area contributed by atoms with Crippen molar-refractivity contribution in [3.8, 4) is 0 Å². The van der Waals surface area contributed by atoms with Gasteiger partial charge in [-0.1, -0.05) is 151 Å². The van der Waals surface area contributed by atoms with Crippen molar-refractivity contribution >= 4 is 161 Å². The fourth-order valence-electron chi connectivity index (χ4n) is 0.912. The largest absolute Gasteiger partial charge is 1.00 e. The zero-order valence-corrected chi connectivity index (χ0v) is 21.2. The van der Waals surface area contributed by atoms with Gasteiger partial charge in [0.15, 0.2) is 13.0 Å². The van der Waals surface area contributed by atoms with Crippen LogP contribution in [-0.4, -0.2) is 37.8 Å². The van der Waals surface area contributed by atoms with Gasteiger partial charge in [0.1, 0.15) is 10.1 Å². The summed E-state index contributed by atoms with van der Waals surface area (Å²) in [7, 11) is -5.64. The minimum atomic E-state index is -5.64. The molecule has 0 radical (unpaired) electrons. The number of hydrogen-bond donors (Lipinski definition) is 0. The minimum Gasteiger partial charge on any atom is -0.746 e. The first-order valence-corrected chi connectivity index (χ1v) is 10.7. The van der Waals surface area contributed by atoms with E-state index in [2.05, 4.69) is 0 Å². The van der Waals surface area contributed by atoms with Crippen LogP contribution in [0, 0.1) is 0 Å². The fourth-order valence-corrected chi connectivity index (χ4v) is 5.34. The third kappa shape index (κ3) is 4.94. The molecule has 0 saturated carbocycles. The molecule has 0 heterocycles. The van der Waals surface area contributed by atoms with Crippen molar-refractivity contribution in [3.05, 3.63) is 0 Å². The van der Waals surface area contributed by atoms with Crippen LogP contribution in [0.1, 0.15) is 0 Å². The monoisotopic (exact) mass is 614 g/mol. The maximum Gasteiger partial charge on any atom is 1.00 e. The van der Waals surface area contributed by atoms with Crippen LogP contribution in [0.15, 0.2) is 0 Å². The molecule has 0 bridgehead atoms. The molecule has 0 aliphatic carbocycles. The summed E-state index contributed by atoms with van der Waals surface area (Å²) in [5.41, 5.74) is 0. The van der Waals surface area contributed by atoms with E-state index in [1.807, 2.05) is 0 Å². The maximum absolute atomic E-state index is 11.2. The summed E-state index contributed by atoms with van der Waals surface area (Å²) in [4.78, 5) is 0. The molecule has 0 N–H and O–H groups in total. The van der Waals surface area contributed by atoms with Gasteiger partial charge in [-0.15, -0.1) is 0 Å². The summed E-state index contributed by atoms with van der Waals surface area (Å²) >= 11 is 73.6. The van der Waals surface area contributed by atoms with Crippen molar-refractivity contribution in [2.75, 3.05) is 0 Å². The van der Waals surface area contributed by atoms with E-state index in [0.717, 1.165) is 0 Å². The number of rotatable bonds is 5. The number of hydrogen-bond acceptors (Lipinski definition) is 3. The van der Waals surface area contributed by atoms with Crippen molar-refractivity contribution in [2.24, 2.45) is 0 Å². The molecule has 24 heavy (non-hydrogen) atoms. The summed E-state index contributed by atoms with van der Waals surface area (Å²) in [6, 6.07) is 0. The van der Waals surface area contributed by atoms with Gasteiger partial charge in [0.05, 0.1) is 0 Å². The predicted molar refractivity (Wildman–Crippen MR) is 102 cm³/mol. The maximum atomic E-state index is 11.2. The van der Waals surface area contributed by atoms with Crippen LogP contribution in [0.25, 0.3) is 0 Å². The quantitative estimate of drug-likeness (QED) is 0.268. The first-order chi connectivity index (χ1) is 9.50. The molecule has 0 aromatic rings. The molecule has 0 rings (SSSR count).